The van der Waals surface area contributed by atoms with Gasteiger partial charge in [-0.15, -0.1) is 0 Å². The Kier molecular flexibility index (Phi) is 27.4. The van der Waals surface area contributed by atoms with Crippen LogP contribution in [-0.4, -0.2) is 223 Å². The SMILES string of the molecule is CC(=O)O[C@H]1C(=O)[C@@]2(C)[C@H]([C@H](OC(=O)c3ccccc3)[C@]3(O)C[C@H](OC(=O)[C@H](O)[C@@H](NC(=O)c4ccccc4)c4ccccc4)C(C)=C1C3(C)C)[C@]1(OC(C)=O)CO[C@@H]1C[C@@H]2O.CCN(CC)CCOc1ccc(Cc2ccccc2)cc1.COc1cccc2c1C(=O)c1c(O)c3c(c(O)c1C2=O)C[C@@](O)(C(=O)CO)C[C@@H]3O[C@H]1C[C@H](N)[C@@H](O)[C@H](C)O1. The molecule has 17 atom stereocenters. The highest BCUT2D eigenvalue weighted by atomic mass is 16.7. The van der Waals surface area contributed by atoms with E-state index in [2.05, 4.69) is 78.7 Å². The number of likely N-dealkylation sites (N-methyl/N-ethyl adjacent to an activating group) is 1. The molecule has 14 rings (SSSR count). The van der Waals surface area contributed by atoms with Gasteiger partial charge in [0.05, 0.1) is 77.8 Å². The second-order valence-corrected chi connectivity index (χ2v) is 32.7. The van der Waals surface area contributed by atoms with Crippen LogP contribution in [0.25, 0.3) is 0 Å². The van der Waals surface area contributed by atoms with Gasteiger partial charge >= 0.3 is 23.9 Å². The molecule has 4 fully saturated rings. The molecule has 7 aromatic rings. The molecule has 0 spiro atoms. The average Bonchev–Trinajstić information content (AvgIpc) is 0.666. The maximum atomic E-state index is 15.5. The molecule has 2 saturated carbocycles. The third-order valence-corrected chi connectivity index (χ3v) is 25.0. The number of phenolic OH excluding ortho intramolecular Hbond substituents is 2. The largest absolute Gasteiger partial charge is 0.507 e. The number of hydrogen-bond acceptors (Lipinski definition) is 28. The molecular formula is C93H105N3O26. The first-order chi connectivity index (χ1) is 58.0. The highest BCUT2D eigenvalue weighted by molar-refractivity contribution is 6.31. The van der Waals surface area contributed by atoms with E-state index in [1.807, 2.05) is 0 Å². The van der Waals surface area contributed by atoms with Gasteiger partial charge in [0.1, 0.15) is 65.7 Å². The summed E-state index contributed by atoms with van der Waals surface area (Å²) in [5.41, 5.74) is -1.99. The standard InChI is InChI=1S/C47H51NO14.C27H29NO11.C19H25NO/c1-25-31(60-43(56)36(52)35(28-16-10-7-11-17-28)48-41(54)29-18-12-8-13-19-29)23-47(57)40(61-42(55)30-20-14-9-15-21-30)38-45(6,32(51)22-33-46(38,24-58-33)62-27(3)50)39(53)37(59-26(2)49)34(25)44(47,4)5;1-10-22(31)13(28)6-17(38-10)39-15-8-27(36,16(30)9-29)7-12-19(15)26(35)21-20(24(12)33)23(32)11-4-3-5-14(37-2)18(11)25(21)34;1-3-20(4-2)14-15-21-19-12-10-18(11-13-19)16-17-8-6-5-7-9-17/h7-21,31-33,35-38,40,51-52,57H,22-24H2,1-6H3,(H,48,54);3-5,10,13,15,17,22,29,31,33,35-36H,6-9,28H2,1-2H3;5-13H,3-4,14-16H2,1-2H3/t31-,32-,33+,35-,36+,37+,38-,40-,45+,46-,47+;10-,13-,15-,17-,22-,27-;/m00./s1. The van der Waals surface area contributed by atoms with Crippen molar-refractivity contribution in [1.82, 2.24) is 10.2 Å². The number of phenols is 2. The van der Waals surface area contributed by atoms with Gasteiger partial charge in [-0.05, 0) is 111 Å². The number of esters is 4. The van der Waals surface area contributed by atoms with Crippen LogP contribution >= 0.6 is 0 Å². The van der Waals surface area contributed by atoms with Crippen LogP contribution in [0.2, 0.25) is 0 Å². The lowest BCUT2D eigenvalue weighted by molar-refractivity contribution is -0.346. The molecule has 29 nitrogen and oxygen atoms in total. The van der Waals surface area contributed by atoms with E-state index in [0.29, 0.717) is 5.56 Å². The summed E-state index contributed by atoms with van der Waals surface area (Å²) in [7, 11) is 1.32. The van der Waals surface area contributed by atoms with E-state index in [9.17, 15) is 79.2 Å². The Labute approximate surface area is 705 Å². The third-order valence-electron chi connectivity index (χ3n) is 25.0. The molecular weight excluding hydrogens is 1580 g/mol. The van der Waals surface area contributed by atoms with E-state index in [4.69, 9.17) is 48.4 Å². The Balaban J connectivity index is 0.000000191. The van der Waals surface area contributed by atoms with Crippen LogP contribution < -0.4 is 20.5 Å². The molecule has 0 aromatic heterocycles. The number of nitrogens with one attached hydrogen (secondary N) is 1. The maximum Gasteiger partial charge on any atom is 0.338 e. The van der Waals surface area contributed by atoms with Crippen molar-refractivity contribution in [2.24, 2.45) is 22.5 Å². The van der Waals surface area contributed by atoms with Gasteiger partial charge in [0.2, 0.25) is 5.78 Å². The van der Waals surface area contributed by atoms with E-state index < -0.39 is 208 Å². The summed E-state index contributed by atoms with van der Waals surface area (Å²) >= 11 is 0. The van der Waals surface area contributed by atoms with Crippen LogP contribution in [0.1, 0.15) is 181 Å². The molecule has 29 heteroatoms. The number of nitrogens with zero attached hydrogens (tertiary/aromatic N) is 1. The normalized spacial score (nSPS) is 27.6. The highest BCUT2D eigenvalue weighted by Gasteiger charge is 2.78. The summed E-state index contributed by atoms with van der Waals surface area (Å²) in [6.45, 7) is 16.8. The lowest BCUT2D eigenvalue weighted by atomic mass is 9.44. The number of hydrogen-bond donors (Lipinski definition) is 10. The van der Waals surface area contributed by atoms with Crippen LogP contribution in [0.5, 0.6) is 23.0 Å². The van der Waals surface area contributed by atoms with E-state index in [-0.39, 0.29) is 69.7 Å². The highest BCUT2D eigenvalue weighted by Crippen LogP contribution is 2.65. The number of aromatic hydroxyl groups is 2. The zero-order chi connectivity index (χ0) is 88.2. The number of fused-ring (bicyclic) bond motifs is 8. The first-order valence-electron chi connectivity index (χ1n) is 40.7. The number of benzene rings is 7. The van der Waals surface area contributed by atoms with E-state index in [1.54, 1.807) is 99.6 Å². The minimum absolute atomic E-state index is 0.00289. The number of aliphatic hydroxyl groups excluding tert-OH is 4. The maximum absolute atomic E-state index is 15.5. The van der Waals surface area contributed by atoms with Crippen molar-refractivity contribution in [3.05, 3.63) is 236 Å². The second kappa shape index (κ2) is 37.0. The first kappa shape index (κ1) is 90.3. The number of amides is 1. The Hall–Kier alpha value is -10.9. The number of rotatable bonds is 23. The number of aliphatic hydroxyl groups is 6. The predicted molar refractivity (Wildman–Crippen MR) is 438 cm³/mol. The van der Waals surface area contributed by atoms with Crippen LogP contribution in [0.15, 0.2) is 175 Å². The van der Waals surface area contributed by atoms with Gasteiger partial charge in [-0.25, -0.2) is 9.59 Å². The Morgan fingerprint density at radius 3 is 1.89 bits per heavy atom. The van der Waals surface area contributed by atoms with Crippen LogP contribution in [0.4, 0.5) is 0 Å². The molecule has 7 aliphatic rings. The predicted octanol–water partition coefficient (Wildman–Crippen LogP) is 7.74. The fraction of sp³-hybridized carbons (Fsp3) is 0.430. The summed E-state index contributed by atoms with van der Waals surface area (Å²) in [5.74, 6) is -9.66. The summed E-state index contributed by atoms with van der Waals surface area (Å²) in [4.78, 5) is 126. The number of methoxy groups -OCH3 is 1. The van der Waals surface area contributed by atoms with Crippen molar-refractivity contribution in [3.8, 4) is 23.0 Å². The number of nitrogens with two attached hydrogens (primary N) is 1. The van der Waals surface area contributed by atoms with Crippen molar-refractivity contribution in [1.29, 1.82) is 0 Å². The number of carbonyl (C=O) groups is 9. The Bertz CT molecular complexity index is 5070. The van der Waals surface area contributed by atoms with Crippen LogP contribution in [0.3, 0.4) is 0 Å². The molecule has 2 bridgehead atoms. The molecule has 648 valence electrons. The van der Waals surface area contributed by atoms with Gasteiger partial charge in [0.25, 0.3) is 5.91 Å². The molecule has 7 aromatic carbocycles. The smallest absolute Gasteiger partial charge is 0.338 e. The fourth-order valence-electron chi connectivity index (χ4n) is 18.3. The third kappa shape index (κ3) is 17.5. The van der Waals surface area contributed by atoms with Gasteiger partial charge in [-0.3, -0.25) is 33.6 Å². The molecule has 11 N–H and O–H groups in total. The lowest BCUT2D eigenvalue weighted by Gasteiger charge is -2.67. The van der Waals surface area contributed by atoms with Crippen molar-refractivity contribution in [2.45, 2.75) is 191 Å². The van der Waals surface area contributed by atoms with Crippen molar-refractivity contribution in [2.75, 3.05) is 46.6 Å². The monoisotopic (exact) mass is 1680 g/mol. The number of ether oxygens (including phenoxy) is 9. The quantitative estimate of drug-likeness (QED) is 0.0127. The van der Waals surface area contributed by atoms with Crippen LogP contribution in [-0.2, 0) is 70.0 Å². The number of carbonyl (C=O) groups excluding carboxylic acids is 9. The van der Waals surface area contributed by atoms with Gasteiger partial charge in [-0.1, -0.05) is 149 Å². The van der Waals surface area contributed by atoms with Crippen molar-refractivity contribution < 1.29 is 127 Å². The Morgan fingerprint density at radius 2 is 1.31 bits per heavy atom. The summed E-state index contributed by atoms with van der Waals surface area (Å²) in [5, 5.41) is 93.9. The minimum atomic E-state index is -2.39. The topological polar surface area (TPSA) is 440 Å². The van der Waals surface area contributed by atoms with Crippen LogP contribution in [0, 0.1) is 16.7 Å². The molecule has 0 unspecified atom stereocenters. The van der Waals surface area contributed by atoms with E-state index >= 15 is 4.79 Å². The zero-order valence-corrected chi connectivity index (χ0v) is 69.5. The fourth-order valence-corrected chi connectivity index (χ4v) is 18.3. The molecule has 2 saturated heterocycles. The van der Waals surface area contributed by atoms with E-state index in [1.165, 1.54) is 62.4 Å². The lowest BCUT2D eigenvalue weighted by Crippen LogP contribution is -2.82. The minimum Gasteiger partial charge on any atom is -0.507 e. The van der Waals surface area contributed by atoms with Gasteiger partial charge < -0.3 is 99.4 Å². The molecule has 5 aliphatic carbocycles. The number of ketones is 4. The average molecular weight is 1680 g/mol. The van der Waals surface area contributed by atoms with Crippen molar-refractivity contribution >= 4 is 52.9 Å². The molecule has 2 aliphatic heterocycles. The Morgan fingerprint density at radius 1 is 0.705 bits per heavy atom. The van der Waals surface area contributed by atoms with Gasteiger partial charge in [0, 0.05) is 86.2 Å². The van der Waals surface area contributed by atoms with Gasteiger partial charge in [0.15, 0.2) is 41.4 Å². The first-order valence-corrected chi connectivity index (χ1v) is 40.7. The number of Topliss-reactive ketones (excluding diaryl/α,β-unsaturated/α-hetero) is 2. The molecule has 1 amide bonds. The van der Waals surface area contributed by atoms with Crippen molar-refractivity contribution in [3.63, 3.8) is 0 Å². The zero-order valence-electron chi connectivity index (χ0n) is 69.5. The molecule has 2 heterocycles. The molecule has 122 heavy (non-hydrogen) atoms. The summed E-state index contributed by atoms with van der Waals surface area (Å²) < 4.78 is 53.1. The molecule has 0 radical (unpaired) electrons. The van der Waals surface area contributed by atoms with Gasteiger partial charge in [-0.2, -0.15) is 0 Å². The summed E-state index contributed by atoms with van der Waals surface area (Å²) in [6.07, 6.45) is -14.7. The second-order valence-electron chi connectivity index (χ2n) is 32.7. The summed E-state index contributed by atoms with van der Waals surface area (Å²) in [6, 6.07) is 45.6. The van der Waals surface area contributed by atoms with E-state index in [0.717, 1.165) is 52.3 Å².